The first kappa shape index (κ1) is 13.5. The predicted octanol–water partition coefficient (Wildman–Crippen LogP) is 3.60. The van der Waals surface area contributed by atoms with Crippen molar-refractivity contribution in [2.24, 2.45) is 5.92 Å². The average molecular weight is 301 g/mol. The Labute approximate surface area is 127 Å². The van der Waals surface area contributed by atoms with Gasteiger partial charge in [0.15, 0.2) is 0 Å². The van der Waals surface area contributed by atoms with Gasteiger partial charge in [-0.3, -0.25) is 4.79 Å². The van der Waals surface area contributed by atoms with Gasteiger partial charge in [0.2, 0.25) is 5.91 Å². The fraction of sp³-hybridized carbons (Fsp3) is 0.353. The molecular formula is C17H16FNO3. The fourth-order valence-electron chi connectivity index (χ4n) is 3.73. The second-order valence-electron chi connectivity index (χ2n) is 5.80. The summed E-state index contributed by atoms with van der Waals surface area (Å²) in [5.41, 5.74) is 1.46. The molecule has 1 aromatic carbocycles. The van der Waals surface area contributed by atoms with E-state index in [1.165, 1.54) is 19.1 Å². The van der Waals surface area contributed by atoms with Gasteiger partial charge >= 0.3 is 0 Å². The van der Waals surface area contributed by atoms with E-state index in [1.54, 1.807) is 17.2 Å². The maximum atomic E-state index is 13.7. The summed E-state index contributed by atoms with van der Waals surface area (Å²) in [5.74, 6) is 0.419. The molecule has 2 aliphatic rings. The number of halogens is 1. The third-order valence-electron chi connectivity index (χ3n) is 4.55. The van der Waals surface area contributed by atoms with E-state index in [9.17, 15) is 9.18 Å². The van der Waals surface area contributed by atoms with Crippen molar-refractivity contribution in [2.45, 2.75) is 25.5 Å². The minimum absolute atomic E-state index is 0.0735. The predicted molar refractivity (Wildman–Crippen MR) is 77.8 cm³/mol. The number of carbonyl (C=O) groups excluding carboxylic acids is 1. The molecule has 0 radical (unpaired) electrons. The zero-order valence-corrected chi connectivity index (χ0v) is 12.2. The Bertz CT molecular complexity index is 713. The van der Waals surface area contributed by atoms with Gasteiger partial charge in [0.05, 0.1) is 18.1 Å². The molecule has 4 rings (SSSR count). The van der Waals surface area contributed by atoms with E-state index in [1.807, 2.05) is 12.1 Å². The minimum atomic E-state index is -0.312. The molecule has 1 amide bonds. The van der Waals surface area contributed by atoms with Crippen LogP contribution in [-0.4, -0.2) is 12.5 Å². The minimum Gasteiger partial charge on any atom is -0.467 e. The highest BCUT2D eigenvalue weighted by atomic mass is 19.1. The lowest BCUT2D eigenvalue weighted by molar-refractivity contribution is -0.117. The van der Waals surface area contributed by atoms with Crippen LogP contribution in [-0.2, 0) is 9.53 Å². The number of fused-ring (bicyclic) bond motifs is 3. The van der Waals surface area contributed by atoms with E-state index >= 15 is 0 Å². The van der Waals surface area contributed by atoms with Crippen molar-refractivity contribution >= 4 is 11.6 Å². The van der Waals surface area contributed by atoms with Crippen LogP contribution in [0.2, 0.25) is 0 Å². The van der Waals surface area contributed by atoms with E-state index < -0.39 is 0 Å². The summed E-state index contributed by atoms with van der Waals surface area (Å²) in [4.78, 5) is 14.0. The first-order valence-corrected chi connectivity index (χ1v) is 7.41. The molecule has 1 saturated heterocycles. The van der Waals surface area contributed by atoms with E-state index in [4.69, 9.17) is 9.15 Å². The topological polar surface area (TPSA) is 42.7 Å². The molecule has 3 heterocycles. The van der Waals surface area contributed by atoms with Crippen LogP contribution in [0.25, 0.3) is 0 Å². The van der Waals surface area contributed by atoms with Crippen LogP contribution in [0, 0.1) is 11.7 Å². The Morgan fingerprint density at radius 1 is 1.36 bits per heavy atom. The van der Waals surface area contributed by atoms with Crippen molar-refractivity contribution in [3.63, 3.8) is 0 Å². The number of nitrogens with zero attached hydrogens (tertiary/aromatic N) is 1. The lowest BCUT2D eigenvalue weighted by Gasteiger charge is -2.42. The molecule has 0 aliphatic carbocycles. The molecule has 4 nitrogen and oxygen atoms in total. The van der Waals surface area contributed by atoms with E-state index in [0.29, 0.717) is 12.3 Å². The number of ether oxygens (including phenoxy) is 1. The maximum absolute atomic E-state index is 13.7. The van der Waals surface area contributed by atoms with Crippen LogP contribution < -0.4 is 4.90 Å². The Morgan fingerprint density at radius 3 is 2.95 bits per heavy atom. The number of furan rings is 1. The van der Waals surface area contributed by atoms with Gasteiger partial charge in [-0.25, -0.2) is 4.39 Å². The molecule has 1 fully saturated rings. The third-order valence-corrected chi connectivity index (χ3v) is 4.55. The molecule has 2 aliphatic heterocycles. The largest absolute Gasteiger partial charge is 0.467 e. The molecule has 0 spiro atoms. The van der Waals surface area contributed by atoms with Crippen molar-refractivity contribution in [1.29, 1.82) is 0 Å². The zero-order valence-electron chi connectivity index (χ0n) is 12.2. The highest BCUT2D eigenvalue weighted by Gasteiger charge is 2.47. The monoisotopic (exact) mass is 301 g/mol. The number of hydrogen-bond donors (Lipinski definition) is 0. The normalized spacial score (nSPS) is 26.6. The SMILES string of the molecule is CC(=O)N1c2ccc(F)cc2[C@@H]2OCC[C@@H]2[C@@H]1c1ccco1. The maximum Gasteiger partial charge on any atom is 0.224 e. The van der Waals surface area contributed by atoms with Crippen molar-refractivity contribution in [1.82, 2.24) is 0 Å². The van der Waals surface area contributed by atoms with E-state index in [-0.39, 0.29) is 29.8 Å². The summed E-state index contributed by atoms with van der Waals surface area (Å²) < 4.78 is 25.1. The second-order valence-corrected chi connectivity index (χ2v) is 5.80. The Kier molecular flexibility index (Phi) is 3.04. The Balaban J connectivity index is 1.92. The second kappa shape index (κ2) is 4.95. The first-order valence-electron chi connectivity index (χ1n) is 7.41. The van der Waals surface area contributed by atoms with Gasteiger partial charge in [-0.05, 0) is 36.8 Å². The van der Waals surface area contributed by atoms with Crippen LogP contribution in [0.5, 0.6) is 0 Å². The molecule has 114 valence electrons. The van der Waals surface area contributed by atoms with Crippen LogP contribution in [0.1, 0.15) is 36.8 Å². The number of anilines is 1. The number of amides is 1. The summed E-state index contributed by atoms with van der Waals surface area (Å²) in [7, 11) is 0. The highest BCUT2D eigenvalue weighted by Crippen LogP contribution is 2.53. The lowest BCUT2D eigenvalue weighted by Crippen LogP contribution is -2.42. The molecule has 0 bridgehead atoms. The number of rotatable bonds is 1. The molecule has 2 aromatic rings. The Hall–Kier alpha value is -2.14. The standard InChI is InChI=1S/C17H16FNO3/c1-10(20)19-14-5-4-11(18)9-13(14)17-12(6-8-22-17)16(19)15-3-2-7-21-15/h2-5,7,9,12,16-17H,6,8H2,1H3/t12-,16-,17-/m1/s1. The van der Waals surface area contributed by atoms with Gasteiger partial charge in [-0.1, -0.05) is 0 Å². The van der Waals surface area contributed by atoms with Crippen LogP contribution in [0.4, 0.5) is 10.1 Å². The average Bonchev–Trinajstić information content (AvgIpc) is 3.17. The molecule has 0 N–H and O–H groups in total. The van der Waals surface area contributed by atoms with E-state index in [2.05, 4.69) is 0 Å². The van der Waals surface area contributed by atoms with Gasteiger partial charge in [0.1, 0.15) is 17.6 Å². The molecule has 0 saturated carbocycles. The van der Waals surface area contributed by atoms with Crippen molar-refractivity contribution in [3.8, 4) is 0 Å². The number of benzene rings is 1. The summed E-state index contributed by atoms with van der Waals surface area (Å²) in [5, 5.41) is 0. The molecule has 0 unspecified atom stereocenters. The quantitative estimate of drug-likeness (QED) is 0.808. The van der Waals surface area contributed by atoms with Gasteiger partial charge in [-0.15, -0.1) is 0 Å². The Morgan fingerprint density at radius 2 is 2.23 bits per heavy atom. The molecule has 1 aromatic heterocycles. The zero-order chi connectivity index (χ0) is 15.3. The summed E-state index contributed by atoms with van der Waals surface area (Å²) >= 11 is 0. The highest BCUT2D eigenvalue weighted by molar-refractivity contribution is 5.94. The molecule has 22 heavy (non-hydrogen) atoms. The summed E-state index contributed by atoms with van der Waals surface area (Å²) in [6.07, 6.45) is 2.23. The van der Waals surface area contributed by atoms with Crippen LogP contribution >= 0.6 is 0 Å². The van der Waals surface area contributed by atoms with Gasteiger partial charge in [0, 0.05) is 25.0 Å². The van der Waals surface area contributed by atoms with Gasteiger partial charge < -0.3 is 14.1 Å². The molecule has 3 atom stereocenters. The number of hydrogen-bond acceptors (Lipinski definition) is 3. The summed E-state index contributed by atoms with van der Waals surface area (Å²) in [6, 6.07) is 8.00. The fourth-order valence-corrected chi connectivity index (χ4v) is 3.73. The molecule has 5 heteroatoms. The number of carbonyl (C=O) groups is 1. The van der Waals surface area contributed by atoms with Crippen molar-refractivity contribution < 1.29 is 18.3 Å². The van der Waals surface area contributed by atoms with Gasteiger partial charge in [-0.2, -0.15) is 0 Å². The lowest BCUT2D eigenvalue weighted by atomic mass is 9.81. The first-order chi connectivity index (χ1) is 10.7. The summed E-state index contributed by atoms with van der Waals surface area (Å²) in [6.45, 7) is 2.13. The van der Waals surface area contributed by atoms with Crippen LogP contribution in [0.3, 0.4) is 0 Å². The van der Waals surface area contributed by atoms with Crippen molar-refractivity contribution in [2.75, 3.05) is 11.5 Å². The third kappa shape index (κ3) is 1.89. The van der Waals surface area contributed by atoms with Gasteiger partial charge in [0.25, 0.3) is 0 Å². The van der Waals surface area contributed by atoms with Crippen molar-refractivity contribution in [3.05, 3.63) is 53.7 Å². The van der Waals surface area contributed by atoms with Crippen LogP contribution in [0.15, 0.2) is 41.0 Å². The van der Waals surface area contributed by atoms with E-state index in [0.717, 1.165) is 17.7 Å². The molecular weight excluding hydrogens is 285 g/mol. The smallest absolute Gasteiger partial charge is 0.224 e.